The first kappa shape index (κ1) is 27.9. The van der Waals surface area contributed by atoms with Crippen LogP contribution in [-0.2, 0) is 11.4 Å². The molecule has 4 heterocycles. The zero-order valence-corrected chi connectivity index (χ0v) is 23.9. The average Bonchev–Trinajstić information content (AvgIpc) is 3.15. The number of rotatable bonds is 5. The number of anilines is 1. The predicted molar refractivity (Wildman–Crippen MR) is 159 cm³/mol. The summed E-state index contributed by atoms with van der Waals surface area (Å²) in [6.45, 7) is 8.47. The van der Waals surface area contributed by atoms with Crippen molar-refractivity contribution < 1.29 is 19.0 Å². The van der Waals surface area contributed by atoms with Gasteiger partial charge in [-0.15, -0.1) is 0 Å². The number of benzene rings is 2. The van der Waals surface area contributed by atoms with Gasteiger partial charge >= 0.3 is 5.69 Å². The van der Waals surface area contributed by atoms with Crippen LogP contribution in [0.3, 0.4) is 0 Å². The van der Waals surface area contributed by atoms with Crippen molar-refractivity contribution in [1.29, 1.82) is 0 Å². The summed E-state index contributed by atoms with van der Waals surface area (Å²) in [7, 11) is 0. The van der Waals surface area contributed by atoms with E-state index in [1.54, 1.807) is 29.2 Å². The molecule has 1 N–H and O–H groups in total. The molecule has 2 aliphatic heterocycles. The fourth-order valence-corrected chi connectivity index (χ4v) is 6.11. The summed E-state index contributed by atoms with van der Waals surface area (Å²) < 4.78 is 22.9. The van der Waals surface area contributed by atoms with Gasteiger partial charge in [0.1, 0.15) is 28.7 Å². The Labute approximate surface area is 246 Å². The molecule has 0 unspecified atom stereocenters. The number of halogens is 2. The van der Waals surface area contributed by atoms with E-state index >= 15 is 4.39 Å². The lowest BCUT2D eigenvalue weighted by molar-refractivity contribution is -0.126. The first-order chi connectivity index (χ1) is 20.2. The number of piperazine rings is 1. The normalized spacial score (nSPS) is 16.3. The van der Waals surface area contributed by atoms with Crippen LogP contribution in [-0.4, -0.2) is 62.7 Å². The second kappa shape index (κ2) is 10.8. The highest BCUT2D eigenvalue weighted by atomic mass is 35.5. The number of nitrogens with zero attached hydrogens (tertiary/aromatic N) is 5. The third-order valence-electron chi connectivity index (χ3n) is 7.86. The molecule has 1 atom stereocenters. The number of aromatic nitrogens is 3. The molecule has 9 nitrogen and oxygen atoms in total. The van der Waals surface area contributed by atoms with E-state index in [2.05, 4.69) is 11.6 Å². The number of hydrogen-bond acceptors (Lipinski definition) is 7. The van der Waals surface area contributed by atoms with Gasteiger partial charge in [-0.2, -0.15) is 4.98 Å². The summed E-state index contributed by atoms with van der Waals surface area (Å²) >= 11 is 6.94. The second-order valence-corrected chi connectivity index (χ2v) is 11.0. The SMILES string of the molecule is C=CC(=O)N1CCN2c3nc(=O)n(-c4c(CO)cccc4C(C)C)c4nc(-c5ccccc5F)c(Cl)c(c34)OC[C@H]2C1. The minimum Gasteiger partial charge on any atom is -0.489 e. The Kier molecular flexibility index (Phi) is 7.20. The van der Waals surface area contributed by atoms with Crippen LogP contribution in [0.2, 0.25) is 5.02 Å². The summed E-state index contributed by atoms with van der Waals surface area (Å²) in [5.41, 5.74) is 1.58. The number of pyridine rings is 1. The van der Waals surface area contributed by atoms with Crippen molar-refractivity contribution in [1.82, 2.24) is 19.4 Å². The second-order valence-electron chi connectivity index (χ2n) is 10.6. The van der Waals surface area contributed by atoms with E-state index in [0.29, 0.717) is 42.1 Å². The van der Waals surface area contributed by atoms with E-state index < -0.39 is 11.5 Å². The largest absolute Gasteiger partial charge is 0.489 e. The molecule has 6 rings (SSSR count). The van der Waals surface area contributed by atoms with Gasteiger partial charge in [-0.3, -0.25) is 4.79 Å². The van der Waals surface area contributed by atoms with E-state index in [0.717, 1.165) is 5.56 Å². The number of amides is 1. The lowest BCUT2D eigenvalue weighted by Gasteiger charge is -2.40. The first-order valence-corrected chi connectivity index (χ1v) is 14.1. The van der Waals surface area contributed by atoms with E-state index in [-0.39, 0.29) is 58.8 Å². The van der Waals surface area contributed by atoms with Crippen LogP contribution in [0.25, 0.3) is 28.0 Å². The van der Waals surface area contributed by atoms with Crippen LogP contribution >= 0.6 is 11.6 Å². The Morgan fingerprint density at radius 2 is 2.00 bits per heavy atom. The third kappa shape index (κ3) is 4.42. The van der Waals surface area contributed by atoms with Gasteiger partial charge in [0.2, 0.25) is 5.91 Å². The smallest absolute Gasteiger partial charge is 0.355 e. The van der Waals surface area contributed by atoms with Crippen molar-refractivity contribution >= 4 is 34.4 Å². The number of hydrogen-bond donors (Lipinski definition) is 1. The number of aliphatic hydroxyl groups excluding tert-OH is 1. The fraction of sp³-hybridized carbons (Fsp3) is 0.290. The highest BCUT2D eigenvalue weighted by Crippen LogP contribution is 2.45. The van der Waals surface area contributed by atoms with Gasteiger partial charge in [-0.05, 0) is 29.7 Å². The molecule has 0 spiro atoms. The molecule has 2 aliphatic rings. The summed E-state index contributed by atoms with van der Waals surface area (Å²) in [6.07, 6.45) is 1.27. The highest BCUT2D eigenvalue weighted by Gasteiger charge is 2.37. The molecular weight excluding hydrogens is 561 g/mol. The van der Waals surface area contributed by atoms with Crippen LogP contribution in [0.1, 0.15) is 30.9 Å². The Balaban J connectivity index is 1.71. The van der Waals surface area contributed by atoms with Gasteiger partial charge in [0.25, 0.3) is 0 Å². The van der Waals surface area contributed by atoms with E-state index in [1.165, 1.54) is 16.7 Å². The van der Waals surface area contributed by atoms with Crippen LogP contribution in [0.5, 0.6) is 5.75 Å². The Morgan fingerprint density at radius 1 is 1.21 bits per heavy atom. The van der Waals surface area contributed by atoms with Crippen molar-refractivity contribution in [2.75, 3.05) is 31.1 Å². The molecule has 0 bridgehead atoms. The fourth-order valence-electron chi connectivity index (χ4n) is 5.82. The molecule has 0 radical (unpaired) electrons. The summed E-state index contributed by atoms with van der Waals surface area (Å²) in [6, 6.07) is 11.2. The zero-order valence-electron chi connectivity index (χ0n) is 23.2. The zero-order chi connectivity index (χ0) is 29.7. The monoisotopic (exact) mass is 589 g/mol. The van der Waals surface area contributed by atoms with E-state index in [9.17, 15) is 14.7 Å². The average molecular weight is 590 g/mol. The van der Waals surface area contributed by atoms with Crippen LogP contribution in [0, 0.1) is 5.82 Å². The molecule has 2 aromatic heterocycles. The van der Waals surface area contributed by atoms with Gasteiger partial charge in [0.05, 0.1) is 24.0 Å². The summed E-state index contributed by atoms with van der Waals surface area (Å²) in [5.74, 6) is -0.202. The first-order valence-electron chi connectivity index (χ1n) is 13.7. The van der Waals surface area contributed by atoms with Crippen LogP contribution in [0.15, 0.2) is 59.9 Å². The number of para-hydroxylation sites is 1. The molecule has 42 heavy (non-hydrogen) atoms. The lowest BCUT2D eigenvalue weighted by atomic mass is 9.97. The maximum Gasteiger partial charge on any atom is 0.355 e. The molecule has 1 amide bonds. The number of carbonyl (C=O) groups excluding carboxylic acids is 1. The maximum atomic E-state index is 15.1. The Bertz CT molecular complexity index is 1810. The quantitative estimate of drug-likeness (QED) is 0.343. The molecule has 216 valence electrons. The van der Waals surface area contributed by atoms with Crippen LogP contribution in [0.4, 0.5) is 10.2 Å². The summed E-state index contributed by atoms with van der Waals surface area (Å²) in [4.78, 5) is 39.5. The number of ether oxygens (including phenoxy) is 1. The third-order valence-corrected chi connectivity index (χ3v) is 8.21. The minimum atomic E-state index is -0.620. The molecule has 2 aromatic carbocycles. The number of fused-ring (bicyclic) bond motifs is 2. The van der Waals surface area contributed by atoms with Gasteiger partial charge in [-0.25, -0.2) is 18.7 Å². The number of aliphatic hydroxyl groups is 1. The molecule has 11 heteroatoms. The topological polar surface area (TPSA) is 101 Å². The van der Waals surface area contributed by atoms with Crippen LogP contribution < -0.4 is 15.3 Å². The highest BCUT2D eigenvalue weighted by molar-refractivity contribution is 6.36. The molecule has 0 aliphatic carbocycles. The number of carbonyl (C=O) groups is 1. The summed E-state index contributed by atoms with van der Waals surface area (Å²) in [5, 5.41) is 10.8. The van der Waals surface area contributed by atoms with Gasteiger partial charge in [-0.1, -0.05) is 62.4 Å². The molecule has 4 aromatic rings. The van der Waals surface area contributed by atoms with Crippen molar-refractivity contribution in [2.45, 2.75) is 32.4 Å². The lowest BCUT2D eigenvalue weighted by Crippen LogP contribution is -2.56. The molecule has 1 saturated heterocycles. The van der Waals surface area contributed by atoms with Gasteiger partial charge < -0.3 is 19.6 Å². The predicted octanol–water partition coefficient (Wildman–Crippen LogP) is 4.45. The molecular formula is C31H29ClFN5O4. The van der Waals surface area contributed by atoms with Crippen molar-refractivity contribution in [3.63, 3.8) is 0 Å². The minimum absolute atomic E-state index is 0.0160. The Morgan fingerprint density at radius 3 is 2.71 bits per heavy atom. The van der Waals surface area contributed by atoms with Gasteiger partial charge in [0.15, 0.2) is 11.4 Å². The maximum absolute atomic E-state index is 15.1. The molecule has 1 fully saturated rings. The van der Waals surface area contributed by atoms with Gasteiger partial charge in [0, 0.05) is 30.8 Å². The molecule has 0 saturated carbocycles. The van der Waals surface area contributed by atoms with Crippen molar-refractivity contribution in [3.05, 3.63) is 87.6 Å². The standard InChI is InChI=1S/C31H29ClFN5O4/c1-4-23(40)36-12-13-37-19(14-36)16-42-28-24-29(37)35-31(41)38(27-18(15-39)8-7-10-20(27)17(2)3)30(24)34-26(25(28)32)21-9-5-6-11-22(21)33/h4-11,17,19,39H,1,12-16H2,2-3H3/t19-/m1/s1. The van der Waals surface area contributed by atoms with Crippen molar-refractivity contribution in [2.24, 2.45) is 0 Å². The van der Waals surface area contributed by atoms with E-state index in [4.69, 9.17) is 21.3 Å². The van der Waals surface area contributed by atoms with Crippen molar-refractivity contribution in [3.8, 4) is 22.7 Å². The van der Waals surface area contributed by atoms with E-state index in [1.807, 2.05) is 30.9 Å². The Hall–Kier alpha value is -4.28.